The Bertz CT molecular complexity index is 352. The number of hydrogen-bond donors (Lipinski definition) is 1. The van der Waals surface area contributed by atoms with Crippen LogP contribution in [0.4, 0.5) is 5.69 Å². The van der Waals surface area contributed by atoms with E-state index >= 15 is 0 Å². The number of aromatic nitrogens is 1. The molecule has 0 bridgehead atoms. The van der Waals surface area contributed by atoms with Gasteiger partial charge in [-0.05, 0) is 18.9 Å². The van der Waals surface area contributed by atoms with Crippen LogP contribution in [0.15, 0.2) is 16.9 Å². The molecule has 0 saturated carbocycles. The molecule has 1 aromatic heterocycles. The highest BCUT2D eigenvalue weighted by Gasteiger charge is 2.03. The van der Waals surface area contributed by atoms with Crippen LogP contribution >= 0.6 is 0 Å². The maximum absolute atomic E-state index is 11.5. The van der Waals surface area contributed by atoms with Gasteiger partial charge in [0, 0.05) is 24.0 Å². The van der Waals surface area contributed by atoms with Crippen LogP contribution < -0.4 is 11.3 Å². The fourth-order valence-corrected chi connectivity index (χ4v) is 1.35. The van der Waals surface area contributed by atoms with Crippen LogP contribution in [0.1, 0.15) is 19.5 Å². The lowest BCUT2D eigenvalue weighted by Gasteiger charge is -2.12. The average Bonchev–Trinajstić information content (AvgIpc) is 1.96. The van der Waals surface area contributed by atoms with Gasteiger partial charge in [-0.2, -0.15) is 0 Å². The van der Waals surface area contributed by atoms with Crippen molar-refractivity contribution in [2.24, 2.45) is 5.92 Å². The van der Waals surface area contributed by atoms with Gasteiger partial charge in [0.2, 0.25) is 0 Å². The van der Waals surface area contributed by atoms with E-state index in [0.717, 1.165) is 12.2 Å². The van der Waals surface area contributed by atoms with E-state index in [9.17, 15) is 4.79 Å². The van der Waals surface area contributed by atoms with E-state index in [2.05, 4.69) is 13.8 Å². The van der Waals surface area contributed by atoms with Gasteiger partial charge in [0.15, 0.2) is 0 Å². The van der Waals surface area contributed by atoms with Gasteiger partial charge in [0.25, 0.3) is 5.56 Å². The number of pyridine rings is 1. The maximum Gasteiger partial charge on any atom is 0.252 e. The molecule has 0 unspecified atom stereocenters. The number of nitrogens with two attached hydrogens (primary N) is 1. The quantitative estimate of drug-likeness (QED) is 0.747. The molecule has 0 spiro atoms. The van der Waals surface area contributed by atoms with Crippen LogP contribution in [-0.4, -0.2) is 4.57 Å². The summed E-state index contributed by atoms with van der Waals surface area (Å²) in [5, 5.41) is 0. The summed E-state index contributed by atoms with van der Waals surface area (Å²) in [6, 6.07) is 3.29. The van der Waals surface area contributed by atoms with Crippen molar-refractivity contribution >= 4 is 5.69 Å². The van der Waals surface area contributed by atoms with Crippen molar-refractivity contribution in [1.29, 1.82) is 0 Å². The molecule has 3 nitrogen and oxygen atoms in total. The molecule has 1 heterocycles. The molecular weight excluding hydrogens is 164 g/mol. The Kier molecular flexibility index (Phi) is 2.76. The van der Waals surface area contributed by atoms with Crippen LogP contribution in [0.2, 0.25) is 0 Å². The Balaban J connectivity index is 3.14. The van der Waals surface area contributed by atoms with E-state index in [1.165, 1.54) is 6.07 Å². The summed E-state index contributed by atoms with van der Waals surface area (Å²) in [6.07, 6.45) is 0. The molecule has 0 saturated heterocycles. The minimum atomic E-state index is -0.00815. The minimum absolute atomic E-state index is 0.00815. The number of rotatable bonds is 2. The zero-order valence-corrected chi connectivity index (χ0v) is 8.37. The van der Waals surface area contributed by atoms with Gasteiger partial charge in [-0.15, -0.1) is 0 Å². The molecular formula is C10H16N2O. The van der Waals surface area contributed by atoms with Crippen LogP contribution in [-0.2, 0) is 6.54 Å². The first-order valence-electron chi connectivity index (χ1n) is 4.47. The summed E-state index contributed by atoms with van der Waals surface area (Å²) in [5.74, 6) is 0.472. The fourth-order valence-electron chi connectivity index (χ4n) is 1.35. The highest BCUT2D eigenvalue weighted by molar-refractivity contribution is 5.37. The van der Waals surface area contributed by atoms with Crippen molar-refractivity contribution in [2.45, 2.75) is 27.3 Å². The molecule has 3 heteroatoms. The smallest absolute Gasteiger partial charge is 0.252 e. The highest BCUT2D eigenvalue weighted by atomic mass is 16.1. The summed E-state index contributed by atoms with van der Waals surface area (Å²) < 4.78 is 1.75. The molecule has 0 aliphatic heterocycles. The van der Waals surface area contributed by atoms with E-state index in [0.29, 0.717) is 11.6 Å². The third-order valence-electron chi connectivity index (χ3n) is 1.91. The molecule has 0 amide bonds. The van der Waals surface area contributed by atoms with Gasteiger partial charge in [-0.1, -0.05) is 13.8 Å². The Labute approximate surface area is 78.2 Å². The first kappa shape index (κ1) is 9.84. The second kappa shape index (κ2) is 3.64. The molecule has 0 atom stereocenters. The van der Waals surface area contributed by atoms with E-state index in [1.54, 1.807) is 4.57 Å². The van der Waals surface area contributed by atoms with Crippen molar-refractivity contribution in [2.75, 3.05) is 5.73 Å². The zero-order valence-electron chi connectivity index (χ0n) is 8.37. The minimum Gasteiger partial charge on any atom is -0.399 e. The molecule has 1 aromatic rings. The van der Waals surface area contributed by atoms with Crippen LogP contribution in [0, 0.1) is 12.8 Å². The second-order valence-corrected chi connectivity index (χ2v) is 3.77. The van der Waals surface area contributed by atoms with Crippen molar-refractivity contribution in [1.82, 2.24) is 4.57 Å². The Hall–Kier alpha value is -1.25. The average molecular weight is 180 g/mol. The summed E-state index contributed by atoms with van der Waals surface area (Å²) in [4.78, 5) is 11.5. The topological polar surface area (TPSA) is 48.0 Å². The van der Waals surface area contributed by atoms with Gasteiger partial charge < -0.3 is 10.3 Å². The second-order valence-electron chi connectivity index (χ2n) is 3.77. The Morgan fingerprint density at radius 1 is 1.46 bits per heavy atom. The maximum atomic E-state index is 11.5. The van der Waals surface area contributed by atoms with Gasteiger partial charge in [0.1, 0.15) is 0 Å². The van der Waals surface area contributed by atoms with E-state index < -0.39 is 0 Å². The van der Waals surface area contributed by atoms with Crippen molar-refractivity contribution in [3.8, 4) is 0 Å². The molecule has 0 aliphatic carbocycles. The lowest BCUT2D eigenvalue weighted by molar-refractivity contribution is 0.502. The first-order valence-corrected chi connectivity index (χ1v) is 4.47. The number of nitrogens with zero attached hydrogens (tertiary/aromatic N) is 1. The first-order chi connectivity index (χ1) is 6.00. The largest absolute Gasteiger partial charge is 0.399 e. The molecule has 2 N–H and O–H groups in total. The zero-order chi connectivity index (χ0) is 10.0. The lowest BCUT2D eigenvalue weighted by atomic mass is 10.2. The summed E-state index contributed by atoms with van der Waals surface area (Å²) >= 11 is 0. The summed E-state index contributed by atoms with van der Waals surface area (Å²) in [5.41, 5.74) is 7.01. The van der Waals surface area contributed by atoms with Crippen LogP contribution in [0.3, 0.4) is 0 Å². The molecule has 72 valence electrons. The monoisotopic (exact) mass is 180 g/mol. The molecule has 0 radical (unpaired) electrons. The number of hydrogen-bond acceptors (Lipinski definition) is 2. The van der Waals surface area contributed by atoms with Crippen molar-refractivity contribution in [3.05, 3.63) is 28.2 Å². The lowest BCUT2D eigenvalue weighted by Crippen LogP contribution is -2.24. The third-order valence-corrected chi connectivity index (χ3v) is 1.91. The van der Waals surface area contributed by atoms with Gasteiger partial charge in [-0.3, -0.25) is 4.79 Å². The normalized spacial score (nSPS) is 10.8. The van der Waals surface area contributed by atoms with Crippen LogP contribution in [0.5, 0.6) is 0 Å². The molecule has 0 aliphatic rings. The van der Waals surface area contributed by atoms with Crippen LogP contribution in [0.25, 0.3) is 0 Å². The Morgan fingerprint density at radius 2 is 2.08 bits per heavy atom. The highest BCUT2D eigenvalue weighted by Crippen LogP contribution is 2.04. The number of nitrogen functional groups attached to an aromatic ring is 1. The number of aryl methyl sites for hydroxylation is 1. The summed E-state index contributed by atoms with van der Waals surface area (Å²) in [6.45, 7) is 6.83. The standard InChI is InChI=1S/C10H16N2O/c1-7(2)6-12-8(3)4-9(11)5-10(12)13/h4-5,7H,6,11H2,1-3H3. The molecule has 0 fully saturated rings. The summed E-state index contributed by atoms with van der Waals surface area (Å²) in [7, 11) is 0. The Morgan fingerprint density at radius 3 is 2.54 bits per heavy atom. The molecule has 0 aromatic carbocycles. The molecule has 1 rings (SSSR count). The van der Waals surface area contributed by atoms with Crippen molar-refractivity contribution in [3.63, 3.8) is 0 Å². The number of anilines is 1. The third kappa shape index (κ3) is 2.34. The molecule has 13 heavy (non-hydrogen) atoms. The van der Waals surface area contributed by atoms with Gasteiger partial charge in [0.05, 0.1) is 0 Å². The van der Waals surface area contributed by atoms with E-state index in [1.807, 2.05) is 13.0 Å². The van der Waals surface area contributed by atoms with Crippen molar-refractivity contribution < 1.29 is 0 Å². The van der Waals surface area contributed by atoms with Gasteiger partial charge >= 0.3 is 0 Å². The van der Waals surface area contributed by atoms with E-state index in [4.69, 9.17) is 5.73 Å². The fraction of sp³-hybridized carbons (Fsp3) is 0.500. The predicted molar refractivity (Wildman–Crippen MR) is 54.7 cm³/mol. The van der Waals surface area contributed by atoms with E-state index in [-0.39, 0.29) is 5.56 Å². The SMILES string of the molecule is Cc1cc(N)cc(=O)n1CC(C)C. The van der Waals surface area contributed by atoms with Gasteiger partial charge in [-0.25, -0.2) is 0 Å². The predicted octanol–water partition coefficient (Wildman–Crippen LogP) is 1.39.